The summed E-state index contributed by atoms with van der Waals surface area (Å²) in [7, 11) is 1.53. The molecular formula is C24H25N3O5. The molecule has 1 aliphatic heterocycles. The second-order valence-electron chi connectivity index (χ2n) is 8.05. The second-order valence-corrected chi connectivity index (χ2v) is 8.05. The Kier molecular flexibility index (Phi) is 5.38. The zero-order chi connectivity index (χ0) is 23.0. The number of nitrogens with one attached hydrogen (secondary N) is 1. The number of aromatic nitrogens is 1. The van der Waals surface area contributed by atoms with Gasteiger partial charge in [0.2, 0.25) is 0 Å². The smallest absolute Gasteiger partial charge is 0.325 e. The molecule has 0 radical (unpaired) electrons. The number of furan rings is 1. The van der Waals surface area contributed by atoms with E-state index in [-0.39, 0.29) is 12.3 Å². The van der Waals surface area contributed by atoms with E-state index in [4.69, 9.17) is 9.15 Å². The summed E-state index contributed by atoms with van der Waals surface area (Å²) in [5.74, 6) is 0.564. The monoisotopic (exact) mass is 435 g/mol. The maximum Gasteiger partial charge on any atom is 0.325 e. The highest BCUT2D eigenvalue weighted by Crippen LogP contribution is 2.31. The molecule has 0 unspecified atom stereocenters. The first kappa shape index (κ1) is 21.4. The van der Waals surface area contributed by atoms with Crippen molar-refractivity contribution in [2.45, 2.75) is 32.9 Å². The average molecular weight is 435 g/mol. The predicted molar refractivity (Wildman–Crippen MR) is 117 cm³/mol. The van der Waals surface area contributed by atoms with E-state index in [9.17, 15) is 14.4 Å². The molecule has 32 heavy (non-hydrogen) atoms. The number of Topliss-reactive ketones (excluding diaryl/α,β-unsaturated/α-hetero) is 1. The van der Waals surface area contributed by atoms with Crippen LogP contribution in [0.25, 0.3) is 0 Å². The van der Waals surface area contributed by atoms with Gasteiger partial charge in [0, 0.05) is 17.0 Å². The molecule has 1 N–H and O–H groups in total. The van der Waals surface area contributed by atoms with Crippen molar-refractivity contribution in [1.82, 2.24) is 14.8 Å². The van der Waals surface area contributed by atoms with E-state index >= 15 is 0 Å². The van der Waals surface area contributed by atoms with E-state index in [0.717, 1.165) is 22.0 Å². The van der Waals surface area contributed by atoms with Gasteiger partial charge >= 0.3 is 6.03 Å². The van der Waals surface area contributed by atoms with Crippen LogP contribution in [0.1, 0.15) is 40.0 Å². The van der Waals surface area contributed by atoms with Crippen molar-refractivity contribution in [2.75, 3.05) is 13.7 Å². The van der Waals surface area contributed by atoms with Crippen molar-refractivity contribution >= 4 is 17.7 Å². The fraction of sp³-hybridized carbons (Fsp3) is 0.292. The summed E-state index contributed by atoms with van der Waals surface area (Å²) >= 11 is 0. The zero-order valence-electron chi connectivity index (χ0n) is 18.5. The molecule has 1 fully saturated rings. The van der Waals surface area contributed by atoms with Gasteiger partial charge in [-0.3, -0.25) is 14.5 Å². The van der Waals surface area contributed by atoms with Crippen molar-refractivity contribution < 1.29 is 23.5 Å². The molecule has 1 atom stereocenters. The molecule has 1 aromatic carbocycles. The van der Waals surface area contributed by atoms with Crippen molar-refractivity contribution in [3.63, 3.8) is 0 Å². The number of nitrogens with zero attached hydrogens (tertiary/aromatic N) is 2. The van der Waals surface area contributed by atoms with Crippen LogP contribution in [-0.4, -0.2) is 40.8 Å². The van der Waals surface area contributed by atoms with E-state index in [1.54, 1.807) is 43.5 Å². The first-order valence-electron chi connectivity index (χ1n) is 10.3. The number of carbonyl (C=O) groups is 3. The van der Waals surface area contributed by atoms with Crippen LogP contribution in [0.2, 0.25) is 0 Å². The van der Waals surface area contributed by atoms with Crippen LogP contribution in [-0.2, 0) is 16.9 Å². The van der Waals surface area contributed by atoms with Gasteiger partial charge in [0.05, 0.1) is 26.5 Å². The van der Waals surface area contributed by atoms with Gasteiger partial charge < -0.3 is 19.0 Å². The SMILES string of the molecule is COc1cccc([C@]2(C)NC(=O)N(CC(=O)c3cc(C)n(Cc4ccco4)c3C)C2=O)c1. The Morgan fingerprint density at radius 1 is 1.16 bits per heavy atom. The summed E-state index contributed by atoms with van der Waals surface area (Å²) in [5, 5.41) is 2.73. The van der Waals surface area contributed by atoms with E-state index in [1.807, 2.05) is 30.5 Å². The number of amides is 3. The summed E-state index contributed by atoms with van der Waals surface area (Å²) in [5.41, 5.74) is 1.43. The number of ether oxygens (including phenoxy) is 1. The first-order chi connectivity index (χ1) is 15.2. The molecule has 166 valence electrons. The normalized spacial score (nSPS) is 18.2. The van der Waals surface area contributed by atoms with Gasteiger partial charge in [-0.2, -0.15) is 0 Å². The van der Waals surface area contributed by atoms with E-state index in [1.165, 1.54) is 7.11 Å². The largest absolute Gasteiger partial charge is 0.497 e. The number of urea groups is 1. The topological polar surface area (TPSA) is 93.8 Å². The molecular weight excluding hydrogens is 410 g/mol. The molecule has 3 amide bonds. The third kappa shape index (κ3) is 3.57. The first-order valence-corrected chi connectivity index (χ1v) is 10.3. The molecule has 1 aliphatic rings. The summed E-state index contributed by atoms with van der Waals surface area (Å²) < 4.78 is 12.6. The second kappa shape index (κ2) is 8.03. The maximum atomic E-state index is 13.2. The summed E-state index contributed by atoms with van der Waals surface area (Å²) in [4.78, 5) is 39.9. The van der Waals surface area contributed by atoms with Crippen molar-refractivity contribution in [2.24, 2.45) is 0 Å². The predicted octanol–water partition coefficient (Wildman–Crippen LogP) is 3.40. The molecule has 0 aliphatic carbocycles. The van der Waals surface area contributed by atoms with Gasteiger partial charge in [0.25, 0.3) is 5.91 Å². The Morgan fingerprint density at radius 3 is 2.62 bits per heavy atom. The summed E-state index contributed by atoms with van der Waals surface area (Å²) in [6.45, 7) is 5.53. The number of carbonyl (C=O) groups excluding carboxylic acids is 3. The number of hydrogen-bond donors (Lipinski definition) is 1. The molecule has 4 rings (SSSR count). The number of rotatable bonds is 7. The van der Waals surface area contributed by atoms with Crippen LogP contribution in [0.4, 0.5) is 4.79 Å². The lowest BCUT2D eigenvalue weighted by Gasteiger charge is -2.22. The lowest BCUT2D eigenvalue weighted by Crippen LogP contribution is -2.41. The van der Waals surface area contributed by atoms with Gasteiger partial charge in [0.1, 0.15) is 17.0 Å². The van der Waals surface area contributed by atoms with Gasteiger partial charge in [0.15, 0.2) is 5.78 Å². The Morgan fingerprint density at radius 2 is 1.94 bits per heavy atom. The molecule has 8 nitrogen and oxygen atoms in total. The third-order valence-electron chi connectivity index (χ3n) is 5.99. The quantitative estimate of drug-likeness (QED) is 0.453. The summed E-state index contributed by atoms with van der Waals surface area (Å²) in [6, 6.07) is 11.8. The van der Waals surface area contributed by atoms with Crippen LogP contribution in [0, 0.1) is 13.8 Å². The minimum atomic E-state index is -1.28. The molecule has 3 heterocycles. The van der Waals surface area contributed by atoms with Gasteiger partial charge in [-0.1, -0.05) is 12.1 Å². The van der Waals surface area contributed by atoms with Gasteiger partial charge in [-0.15, -0.1) is 0 Å². The summed E-state index contributed by atoms with van der Waals surface area (Å²) in [6.07, 6.45) is 1.60. The van der Waals surface area contributed by atoms with E-state index < -0.39 is 17.5 Å². The lowest BCUT2D eigenvalue weighted by atomic mass is 9.92. The molecule has 8 heteroatoms. The van der Waals surface area contributed by atoms with Crippen LogP contribution in [0.15, 0.2) is 53.1 Å². The lowest BCUT2D eigenvalue weighted by molar-refractivity contribution is -0.130. The number of imide groups is 1. The number of ketones is 1. The van der Waals surface area contributed by atoms with E-state index in [2.05, 4.69) is 5.32 Å². The van der Waals surface area contributed by atoms with Gasteiger partial charge in [-0.25, -0.2) is 4.79 Å². The fourth-order valence-electron chi connectivity index (χ4n) is 4.08. The van der Waals surface area contributed by atoms with Crippen molar-refractivity contribution in [1.29, 1.82) is 0 Å². The van der Waals surface area contributed by atoms with Crippen LogP contribution in [0.3, 0.4) is 0 Å². The highest BCUT2D eigenvalue weighted by atomic mass is 16.5. The number of hydrogen-bond acceptors (Lipinski definition) is 5. The minimum Gasteiger partial charge on any atom is -0.497 e. The van der Waals surface area contributed by atoms with Crippen LogP contribution >= 0.6 is 0 Å². The standard InChI is InChI=1S/C24H25N3O5/c1-15-11-20(16(2)26(15)13-19-9-6-10-32-19)21(28)14-27-22(29)24(3,25-23(27)30)17-7-5-8-18(12-17)31-4/h5-12H,13-14H2,1-4H3,(H,25,30)/t24-/m0/s1. The number of benzene rings is 1. The molecule has 0 bridgehead atoms. The highest BCUT2D eigenvalue weighted by molar-refractivity contribution is 6.11. The number of methoxy groups -OCH3 is 1. The van der Waals surface area contributed by atoms with E-state index in [0.29, 0.717) is 23.4 Å². The fourth-order valence-corrected chi connectivity index (χ4v) is 4.08. The number of aryl methyl sites for hydroxylation is 1. The average Bonchev–Trinajstić information content (AvgIpc) is 3.45. The molecule has 2 aromatic heterocycles. The van der Waals surface area contributed by atoms with Crippen LogP contribution < -0.4 is 10.1 Å². The van der Waals surface area contributed by atoms with Crippen molar-refractivity contribution in [3.05, 3.63) is 77.0 Å². The Hall–Kier alpha value is -3.81. The maximum absolute atomic E-state index is 13.2. The Bertz CT molecular complexity index is 1190. The molecule has 3 aromatic rings. The molecule has 0 saturated carbocycles. The van der Waals surface area contributed by atoms with Crippen molar-refractivity contribution in [3.8, 4) is 5.75 Å². The zero-order valence-corrected chi connectivity index (χ0v) is 18.5. The minimum absolute atomic E-state index is 0.304. The third-order valence-corrected chi connectivity index (χ3v) is 5.99. The highest BCUT2D eigenvalue weighted by Gasteiger charge is 2.49. The van der Waals surface area contributed by atoms with Gasteiger partial charge in [-0.05, 0) is 56.7 Å². The van der Waals surface area contributed by atoms with Crippen LogP contribution in [0.5, 0.6) is 5.75 Å². The molecule has 1 saturated heterocycles. The molecule has 0 spiro atoms. The Labute approximate surface area is 185 Å². The Balaban J connectivity index is 1.56.